The van der Waals surface area contributed by atoms with Gasteiger partial charge in [0.05, 0.1) is 12.1 Å². The first-order chi connectivity index (χ1) is 7.36. The quantitative estimate of drug-likeness (QED) is 0.709. The lowest BCUT2D eigenvalue weighted by Gasteiger charge is -2.20. The lowest BCUT2D eigenvalue weighted by atomic mass is 10.1. The average molecular weight is 207 g/mol. The molecule has 3 heterocycles. The van der Waals surface area contributed by atoms with Crippen LogP contribution in [0.3, 0.4) is 0 Å². The van der Waals surface area contributed by atoms with E-state index in [-0.39, 0.29) is 12.1 Å². The number of aliphatic hydroxyl groups excluding tert-OH is 1. The fourth-order valence-corrected chi connectivity index (χ4v) is 2.66. The lowest BCUT2D eigenvalue weighted by molar-refractivity contribution is 0.154. The Labute approximate surface area is 89.3 Å². The van der Waals surface area contributed by atoms with Crippen molar-refractivity contribution >= 4 is 0 Å². The van der Waals surface area contributed by atoms with Gasteiger partial charge in [0.15, 0.2) is 0 Å². The predicted octanol–water partition coefficient (Wildman–Crippen LogP) is 0.615. The van der Waals surface area contributed by atoms with Crippen molar-refractivity contribution in [2.45, 2.75) is 44.4 Å². The number of aryl methyl sites for hydroxylation is 1. The highest BCUT2D eigenvalue weighted by atomic mass is 16.3. The molecule has 1 saturated heterocycles. The monoisotopic (exact) mass is 207 g/mol. The molecule has 1 aromatic rings. The highest BCUT2D eigenvalue weighted by Crippen LogP contribution is 2.26. The summed E-state index contributed by atoms with van der Waals surface area (Å²) in [6, 6.07) is 0.0526. The van der Waals surface area contributed by atoms with Crippen molar-refractivity contribution in [3.05, 3.63) is 17.7 Å². The highest BCUT2D eigenvalue weighted by Gasteiger charge is 2.30. The Morgan fingerprint density at radius 1 is 1.47 bits per heavy atom. The van der Waals surface area contributed by atoms with E-state index in [2.05, 4.69) is 14.9 Å². The Morgan fingerprint density at radius 3 is 3.20 bits per heavy atom. The summed E-state index contributed by atoms with van der Waals surface area (Å²) in [6.07, 6.45) is 6.19. The predicted molar refractivity (Wildman–Crippen MR) is 56.5 cm³/mol. The second-order valence-corrected chi connectivity index (χ2v) is 4.50. The fourth-order valence-electron chi connectivity index (χ4n) is 2.66. The summed E-state index contributed by atoms with van der Waals surface area (Å²) in [5.41, 5.74) is 1.33. The summed E-state index contributed by atoms with van der Waals surface area (Å²) >= 11 is 0. The van der Waals surface area contributed by atoms with Gasteiger partial charge in [-0.3, -0.25) is 0 Å². The van der Waals surface area contributed by atoms with Gasteiger partial charge in [-0.15, -0.1) is 0 Å². The summed E-state index contributed by atoms with van der Waals surface area (Å²) in [5.74, 6) is 1.04. The van der Waals surface area contributed by atoms with E-state index in [0.717, 1.165) is 31.8 Å². The minimum Gasteiger partial charge on any atom is -0.391 e. The maximum absolute atomic E-state index is 9.85. The summed E-state index contributed by atoms with van der Waals surface area (Å²) in [4.78, 5) is 4.47. The van der Waals surface area contributed by atoms with Gasteiger partial charge < -0.3 is 15.0 Å². The van der Waals surface area contributed by atoms with Gasteiger partial charge in [0.25, 0.3) is 0 Å². The van der Waals surface area contributed by atoms with Crippen molar-refractivity contribution in [1.29, 1.82) is 0 Å². The zero-order chi connectivity index (χ0) is 10.3. The minimum absolute atomic E-state index is 0.0526. The van der Waals surface area contributed by atoms with Crippen LogP contribution >= 0.6 is 0 Å². The molecule has 0 aromatic carbocycles. The Balaban J connectivity index is 1.94. The zero-order valence-corrected chi connectivity index (χ0v) is 8.82. The zero-order valence-electron chi connectivity index (χ0n) is 8.82. The Morgan fingerprint density at radius 2 is 2.40 bits per heavy atom. The molecule has 0 aliphatic carbocycles. The number of imidazole rings is 1. The van der Waals surface area contributed by atoms with E-state index >= 15 is 0 Å². The van der Waals surface area contributed by atoms with Gasteiger partial charge in [-0.05, 0) is 32.2 Å². The van der Waals surface area contributed by atoms with Crippen molar-refractivity contribution in [2.24, 2.45) is 0 Å². The van der Waals surface area contributed by atoms with E-state index in [1.54, 1.807) is 0 Å². The summed E-state index contributed by atoms with van der Waals surface area (Å²) in [6.45, 7) is 1.96. The van der Waals surface area contributed by atoms with Gasteiger partial charge in [0.2, 0.25) is 0 Å². The second kappa shape index (κ2) is 3.61. The van der Waals surface area contributed by atoms with Gasteiger partial charge in [-0.2, -0.15) is 0 Å². The molecule has 15 heavy (non-hydrogen) atoms. The standard InChI is InChI=1S/C11H17N3O/c15-9-4-5-12-10(9)11-13-7-8-3-1-2-6-14(8)11/h7,9-10,12,15H,1-6H2. The normalized spacial score (nSPS) is 30.5. The molecular weight excluding hydrogens is 190 g/mol. The van der Waals surface area contributed by atoms with E-state index in [1.807, 2.05) is 6.20 Å². The molecule has 2 aliphatic heterocycles. The Kier molecular flexibility index (Phi) is 2.25. The average Bonchev–Trinajstić information content (AvgIpc) is 2.83. The van der Waals surface area contributed by atoms with Crippen molar-refractivity contribution < 1.29 is 5.11 Å². The number of aromatic nitrogens is 2. The summed E-state index contributed by atoms with van der Waals surface area (Å²) < 4.78 is 2.29. The molecule has 1 fully saturated rings. The molecule has 82 valence electrons. The molecule has 0 saturated carbocycles. The van der Waals surface area contributed by atoms with E-state index in [4.69, 9.17) is 0 Å². The maximum Gasteiger partial charge on any atom is 0.128 e. The van der Waals surface area contributed by atoms with E-state index < -0.39 is 0 Å². The number of rotatable bonds is 1. The van der Waals surface area contributed by atoms with Gasteiger partial charge in [0.1, 0.15) is 5.82 Å². The highest BCUT2D eigenvalue weighted by molar-refractivity contribution is 5.13. The van der Waals surface area contributed by atoms with Crippen LogP contribution in [-0.2, 0) is 13.0 Å². The second-order valence-electron chi connectivity index (χ2n) is 4.50. The van der Waals surface area contributed by atoms with E-state index in [9.17, 15) is 5.11 Å². The summed E-state index contributed by atoms with van der Waals surface area (Å²) in [5, 5.41) is 13.2. The molecule has 0 spiro atoms. The molecule has 0 amide bonds. The molecular formula is C11H17N3O. The molecule has 2 aliphatic rings. The molecule has 0 radical (unpaired) electrons. The minimum atomic E-state index is -0.265. The molecule has 3 rings (SSSR count). The third-order valence-electron chi connectivity index (χ3n) is 3.50. The molecule has 1 aromatic heterocycles. The lowest BCUT2D eigenvalue weighted by Crippen LogP contribution is -2.26. The topological polar surface area (TPSA) is 50.1 Å². The third-order valence-corrected chi connectivity index (χ3v) is 3.50. The molecule has 0 bridgehead atoms. The van der Waals surface area contributed by atoms with E-state index in [0.29, 0.717) is 0 Å². The van der Waals surface area contributed by atoms with E-state index in [1.165, 1.54) is 18.5 Å². The number of hydrogen-bond donors (Lipinski definition) is 2. The van der Waals surface area contributed by atoms with Crippen molar-refractivity contribution in [1.82, 2.24) is 14.9 Å². The van der Waals surface area contributed by atoms with Crippen LogP contribution in [0.4, 0.5) is 0 Å². The van der Waals surface area contributed by atoms with Crippen molar-refractivity contribution in [3.8, 4) is 0 Å². The number of nitrogens with zero attached hydrogens (tertiary/aromatic N) is 2. The molecule has 2 unspecified atom stereocenters. The first-order valence-electron chi connectivity index (χ1n) is 5.82. The van der Waals surface area contributed by atoms with Crippen LogP contribution in [0.1, 0.15) is 36.8 Å². The Hall–Kier alpha value is -0.870. The number of aliphatic hydroxyl groups is 1. The van der Waals surface area contributed by atoms with Crippen molar-refractivity contribution in [3.63, 3.8) is 0 Å². The molecule has 2 N–H and O–H groups in total. The molecule has 4 nitrogen and oxygen atoms in total. The van der Waals surface area contributed by atoms with Crippen LogP contribution in [-0.4, -0.2) is 27.3 Å². The van der Waals surface area contributed by atoms with Gasteiger partial charge in [-0.25, -0.2) is 4.98 Å². The van der Waals surface area contributed by atoms with Gasteiger partial charge in [-0.1, -0.05) is 0 Å². The number of fused-ring (bicyclic) bond motifs is 1. The SMILES string of the molecule is OC1CCNC1c1ncc2n1CCCC2. The van der Waals surface area contributed by atoms with Gasteiger partial charge >= 0.3 is 0 Å². The fraction of sp³-hybridized carbons (Fsp3) is 0.727. The smallest absolute Gasteiger partial charge is 0.128 e. The maximum atomic E-state index is 9.85. The van der Waals surface area contributed by atoms with Crippen LogP contribution in [0.25, 0.3) is 0 Å². The third kappa shape index (κ3) is 1.48. The van der Waals surface area contributed by atoms with Crippen LogP contribution in [0.5, 0.6) is 0 Å². The first kappa shape index (κ1) is 9.36. The largest absolute Gasteiger partial charge is 0.391 e. The van der Waals surface area contributed by atoms with Crippen LogP contribution in [0.2, 0.25) is 0 Å². The van der Waals surface area contributed by atoms with Gasteiger partial charge in [0, 0.05) is 18.4 Å². The number of nitrogens with one attached hydrogen (secondary N) is 1. The van der Waals surface area contributed by atoms with Crippen LogP contribution in [0, 0.1) is 0 Å². The summed E-state index contributed by atoms with van der Waals surface area (Å²) in [7, 11) is 0. The molecule has 2 atom stereocenters. The van der Waals surface area contributed by atoms with Crippen LogP contribution < -0.4 is 5.32 Å². The van der Waals surface area contributed by atoms with Crippen molar-refractivity contribution in [2.75, 3.05) is 6.54 Å². The number of hydrogen-bond acceptors (Lipinski definition) is 3. The Bertz CT molecular complexity index is 361. The first-order valence-corrected chi connectivity index (χ1v) is 5.82. The molecule has 4 heteroatoms. The van der Waals surface area contributed by atoms with Crippen LogP contribution in [0.15, 0.2) is 6.20 Å².